The van der Waals surface area contributed by atoms with E-state index < -0.39 is 40.8 Å². The first kappa shape index (κ1) is 20.4. The molecule has 1 saturated carbocycles. The van der Waals surface area contributed by atoms with Crippen LogP contribution in [0.5, 0.6) is 0 Å². The van der Waals surface area contributed by atoms with Crippen LogP contribution in [0.1, 0.15) is 53.9 Å². The van der Waals surface area contributed by atoms with E-state index in [-0.39, 0.29) is 35.5 Å². The van der Waals surface area contributed by atoms with Gasteiger partial charge in [-0.3, -0.25) is 14.4 Å². The van der Waals surface area contributed by atoms with E-state index in [2.05, 4.69) is 39.1 Å². The molecule has 6 heteroatoms. The van der Waals surface area contributed by atoms with E-state index >= 15 is 0 Å². The Kier molecular flexibility index (Phi) is 4.25. The Balaban J connectivity index is 1.72. The maximum atomic E-state index is 13.9. The minimum absolute atomic E-state index is 0.0426. The molecule has 30 heavy (non-hydrogen) atoms. The Morgan fingerprint density at radius 2 is 1.97 bits per heavy atom. The number of aliphatic hydroxyl groups excluding tert-OH is 1. The van der Waals surface area contributed by atoms with Crippen molar-refractivity contribution in [1.82, 2.24) is 5.32 Å². The highest BCUT2D eigenvalue weighted by molar-refractivity contribution is 6.13. The molecule has 0 aromatic carbocycles. The first-order valence-electron chi connectivity index (χ1n) is 11.5. The largest absolute Gasteiger partial charge is 0.385 e. The van der Waals surface area contributed by atoms with Gasteiger partial charge in [0, 0.05) is 23.8 Å². The summed E-state index contributed by atoms with van der Waals surface area (Å²) in [5, 5.41) is 14.4. The second kappa shape index (κ2) is 6.26. The highest BCUT2D eigenvalue weighted by Crippen LogP contribution is 2.64. The van der Waals surface area contributed by atoms with Crippen LogP contribution in [0, 0.1) is 40.9 Å². The molecule has 0 radical (unpaired) electrons. The van der Waals surface area contributed by atoms with E-state index in [4.69, 9.17) is 4.74 Å². The molecule has 1 spiro atoms. The van der Waals surface area contributed by atoms with Crippen molar-refractivity contribution in [2.24, 2.45) is 40.9 Å². The zero-order valence-electron chi connectivity index (χ0n) is 18.5. The van der Waals surface area contributed by atoms with Crippen molar-refractivity contribution in [3.8, 4) is 0 Å². The number of amides is 1. The van der Waals surface area contributed by atoms with Crippen LogP contribution in [-0.2, 0) is 19.1 Å². The van der Waals surface area contributed by atoms with E-state index in [1.54, 1.807) is 0 Å². The molecule has 164 valence electrons. The fourth-order valence-electron chi connectivity index (χ4n) is 7.79. The summed E-state index contributed by atoms with van der Waals surface area (Å²) in [6.45, 7) is 10.4. The van der Waals surface area contributed by atoms with Crippen molar-refractivity contribution in [1.29, 1.82) is 0 Å². The predicted molar refractivity (Wildman–Crippen MR) is 109 cm³/mol. The van der Waals surface area contributed by atoms with E-state index in [1.807, 2.05) is 6.92 Å². The smallest absolute Gasteiger partial charge is 0.235 e. The normalized spacial score (nSPS) is 52.0. The summed E-state index contributed by atoms with van der Waals surface area (Å²) >= 11 is 0. The van der Waals surface area contributed by atoms with Gasteiger partial charge in [0.2, 0.25) is 5.91 Å². The summed E-state index contributed by atoms with van der Waals surface area (Å²) in [5.41, 5.74) is -0.771. The number of fused-ring (bicyclic) bond motifs is 5. The van der Waals surface area contributed by atoms with Gasteiger partial charge in [-0.1, -0.05) is 32.4 Å². The summed E-state index contributed by atoms with van der Waals surface area (Å²) in [6.07, 6.45) is 2.21. The van der Waals surface area contributed by atoms with Gasteiger partial charge in [-0.2, -0.15) is 0 Å². The number of carbonyl (C=O) groups excluding carboxylic acids is 3. The quantitative estimate of drug-likeness (QED) is 0.532. The van der Waals surface area contributed by atoms with Gasteiger partial charge >= 0.3 is 0 Å². The number of aliphatic hydroxyl groups is 1. The topological polar surface area (TPSA) is 92.7 Å². The second-order valence-electron chi connectivity index (χ2n) is 11.1. The zero-order valence-corrected chi connectivity index (χ0v) is 18.5. The highest BCUT2D eigenvalue weighted by atomic mass is 16.5. The number of hydrogen-bond acceptors (Lipinski definition) is 5. The number of allylic oxidation sites excluding steroid dienone is 2. The molecule has 3 saturated heterocycles. The fraction of sp³-hybridized carbons (Fsp3) is 0.792. The number of carbonyl (C=O) groups is 3. The number of ketones is 2. The van der Waals surface area contributed by atoms with Crippen LogP contribution in [0.2, 0.25) is 0 Å². The summed E-state index contributed by atoms with van der Waals surface area (Å²) in [7, 11) is 0. The Hall–Kier alpha value is -1.53. The van der Waals surface area contributed by atoms with E-state index in [1.165, 1.54) is 0 Å². The van der Waals surface area contributed by atoms with Crippen molar-refractivity contribution in [3.05, 3.63) is 11.6 Å². The molecule has 5 rings (SSSR count). The van der Waals surface area contributed by atoms with Crippen molar-refractivity contribution in [3.63, 3.8) is 0 Å². The molecule has 3 aliphatic heterocycles. The summed E-state index contributed by atoms with van der Waals surface area (Å²) in [6, 6.07) is -0.115. The van der Waals surface area contributed by atoms with Gasteiger partial charge in [-0.25, -0.2) is 0 Å². The van der Waals surface area contributed by atoms with Crippen molar-refractivity contribution in [2.45, 2.75) is 77.7 Å². The lowest BCUT2D eigenvalue weighted by atomic mass is 9.44. The van der Waals surface area contributed by atoms with E-state index in [9.17, 15) is 19.5 Å². The number of Topliss-reactive ketones (excluding diaryl/α,β-unsaturated/α-hetero) is 2. The van der Waals surface area contributed by atoms with Gasteiger partial charge in [0.05, 0.1) is 11.5 Å². The molecular formula is C24H33NO5. The lowest BCUT2D eigenvalue weighted by Crippen LogP contribution is -2.70. The number of rotatable bonds is 2. The molecule has 3 heterocycles. The first-order valence-corrected chi connectivity index (χ1v) is 11.5. The van der Waals surface area contributed by atoms with Crippen LogP contribution in [-0.4, -0.2) is 46.4 Å². The average Bonchev–Trinajstić information content (AvgIpc) is 3.16. The van der Waals surface area contributed by atoms with Crippen LogP contribution in [0.3, 0.4) is 0 Å². The first-order chi connectivity index (χ1) is 14.0. The second-order valence-corrected chi connectivity index (χ2v) is 11.1. The van der Waals surface area contributed by atoms with Crippen molar-refractivity contribution < 1.29 is 24.2 Å². The van der Waals surface area contributed by atoms with E-state index in [0.717, 1.165) is 12.0 Å². The molecule has 2 bridgehead atoms. The van der Waals surface area contributed by atoms with Gasteiger partial charge in [0.15, 0.2) is 11.6 Å². The Morgan fingerprint density at radius 1 is 1.27 bits per heavy atom. The fourth-order valence-corrected chi connectivity index (χ4v) is 7.79. The lowest BCUT2D eigenvalue weighted by molar-refractivity contribution is -0.206. The molecule has 0 aromatic rings. The Morgan fingerprint density at radius 3 is 2.63 bits per heavy atom. The third-order valence-electron chi connectivity index (χ3n) is 9.06. The minimum Gasteiger partial charge on any atom is -0.385 e. The molecule has 2 N–H and O–H groups in total. The zero-order chi connectivity index (χ0) is 21.7. The van der Waals surface area contributed by atoms with Gasteiger partial charge in [0.1, 0.15) is 17.6 Å². The third-order valence-corrected chi connectivity index (χ3v) is 9.06. The molecule has 2 aliphatic carbocycles. The summed E-state index contributed by atoms with van der Waals surface area (Å²) < 4.78 is 6.20. The molecule has 1 amide bonds. The van der Waals surface area contributed by atoms with E-state index in [0.29, 0.717) is 18.8 Å². The molecule has 4 fully saturated rings. The summed E-state index contributed by atoms with van der Waals surface area (Å²) in [5.74, 6) is -2.27. The van der Waals surface area contributed by atoms with Crippen LogP contribution in [0.25, 0.3) is 0 Å². The highest BCUT2D eigenvalue weighted by Gasteiger charge is 2.76. The van der Waals surface area contributed by atoms with Gasteiger partial charge in [-0.15, -0.1) is 0 Å². The van der Waals surface area contributed by atoms with Gasteiger partial charge in [0.25, 0.3) is 0 Å². The molecule has 0 unspecified atom stereocenters. The average molecular weight is 416 g/mol. The van der Waals surface area contributed by atoms with Crippen molar-refractivity contribution in [2.75, 3.05) is 0 Å². The molecule has 0 aromatic heterocycles. The third kappa shape index (κ3) is 2.24. The van der Waals surface area contributed by atoms with Crippen LogP contribution in [0.4, 0.5) is 0 Å². The number of ether oxygens (including phenoxy) is 1. The Bertz CT molecular complexity index is 864. The van der Waals surface area contributed by atoms with Crippen LogP contribution < -0.4 is 5.32 Å². The molecule has 5 aliphatic rings. The van der Waals surface area contributed by atoms with Gasteiger partial charge in [-0.05, 0) is 44.9 Å². The molecule has 6 nitrogen and oxygen atoms in total. The maximum Gasteiger partial charge on any atom is 0.235 e. The monoisotopic (exact) mass is 415 g/mol. The van der Waals surface area contributed by atoms with Crippen molar-refractivity contribution >= 4 is 17.5 Å². The molecular weight excluding hydrogens is 382 g/mol. The SMILES string of the molecule is CC1=C[C@@H]2[C@@H]3[C@@H](C(=O)[C@H]4CC[C@]3(C)O4)[C@@H](O)C(=O)[C@]23C(=O)N[C@@H](CC(C)C)[C@@H]3[C@@H]1C. The van der Waals surface area contributed by atoms with Crippen LogP contribution in [0.15, 0.2) is 11.6 Å². The lowest BCUT2D eigenvalue weighted by Gasteiger charge is -2.58. The Labute approximate surface area is 177 Å². The molecule has 10 atom stereocenters. The predicted octanol–water partition coefficient (Wildman–Crippen LogP) is 2.04. The number of hydrogen-bond donors (Lipinski definition) is 2. The minimum atomic E-state index is -1.44. The maximum absolute atomic E-state index is 13.9. The standard InChI is InChI=1S/C24H33NO5/c1-10(2)8-14-17-12(4)11(3)9-13-18-16(19(26)15-6-7-23(18,5)30-15)20(27)21(28)24(13,17)22(29)25-14/h9-10,12-18,20,27H,6-8H2,1-5H3,(H,25,29)/t12-,13-,14+,15-,16+,17+,18-,20-,23+,24+/m1/s1. The van der Waals surface area contributed by atoms with Gasteiger partial charge < -0.3 is 15.2 Å². The summed E-state index contributed by atoms with van der Waals surface area (Å²) in [4.78, 5) is 40.7. The number of nitrogens with one attached hydrogen (secondary N) is 1. The van der Waals surface area contributed by atoms with Crippen LogP contribution >= 0.6 is 0 Å².